The molecule has 11 heteroatoms. The van der Waals surface area contributed by atoms with Gasteiger partial charge in [-0.05, 0) is 55.7 Å². The van der Waals surface area contributed by atoms with Crippen molar-refractivity contribution in [2.75, 3.05) is 24.5 Å². The van der Waals surface area contributed by atoms with E-state index < -0.39 is 40.8 Å². The molecule has 0 aliphatic carbocycles. The van der Waals surface area contributed by atoms with Gasteiger partial charge in [0, 0.05) is 37.4 Å². The summed E-state index contributed by atoms with van der Waals surface area (Å²) in [6, 6.07) is 5.95. The van der Waals surface area contributed by atoms with Gasteiger partial charge in [0.05, 0.1) is 16.9 Å². The first-order chi connectivity index (χ1) is 19.5. The highest BCUT2D eigenvalue weighted by Crippen LogP contribution is 2.44. The molecule has 0 saturated carbocycles. The number of fused-ring (bicyclic) bond motifs is 1. The van der Waals surface area contributed by atoms with Gasteiger partial charge in [0.15, 0.2) is 0 Å². The number of nitrogens with one attached hydrogen (secondary N) is 1. The summed E-state index contributed by atoms with van der Waals surface area (Å²) < 4.78 is 30.7. The molecule has 2 atom stereocenters. The molecular formula is C30H32F2N6O3. The van der Waals surface area contributed by atoms with Crippen molar-refractivity contribution in [1.29, 1.82) is 0 Å². The van der Waals surface area contributed by atoms with Crippen molar-refractivity contribution >= 4 is 23.4 Å². The predicted octanol–water partition coefficient (Wildman–Crippen LogP) is 5.14. The average molecular weight is 563 g/mol. The number of urea groups is 1. The first-order valence-electron chi connectivity index (χ1n) is 13.4. The van der Waals surface area contributed by atoms with E-state index in [-0.39, 0.29) is 23.7 Å². The van der Waals surface area contributed by atoms with Crippen LogP contribution in [-0.4, -0.2) is 62.5 Å². The first-order valence-corrected chi connectivity index (χ1v) is 13.4. The van der Waals surface area contributed by atoms with Crippen molar-refractivity contribution in [3.63, 3.8) is 0 Å². The number of rotatable bonds is 5. The molecule has 2 aliphatic heterocycles. The molecule has 9 nitrogen and oxygen atoms in total. The normalized spacial score (nSPS) is 19.2. The maximum atomic E-state index is 15.8. The van der Waals surface area contributed by atoms with Gasteiger partial charge in [-0.3, -0.25) is 14.7 Å². The molecule has 214 valence electrons. The summed E-state index contributed by atoms with van der Waals surface area (Å²) in [5.74, 6) is -2.33. The monoisotopic (exact) mass is 562 g/mol. The third-order valence-electron chi connectivity index (χ3n) is 7.60. The molecule has 0 bridgehead atoms. The standard InChI is InChI=1S/C30H32F2N6O3/c1-6-23(40)36-12-13-37(18(5)15-36)28-19-14-21(32)26(24-20(31)8-7-9-22(24)39)34-29(19)38(30(41)35-28)27-17(4)10-11-33-25(27)16(2)3/h6-11,14,16,18,28,39H,1,12-13,15H2,2-5H3,(H,35,41)/t18-,28?/m0/s1. The lowest BCUT2D eigenvalue weighted by molar-refractivity contribution is -0.129. The molecule has 1 unspecified atom stereocenters. The number of anilines is 2. The number of phenols is 1. The van der Waals surface area contributed by atoms with Gasteiger partial charge in [0.25, 0.3) is 0 Å². The second-order valence-corrected chi connectivity index (χ2v) is 10.6. The van der Waals surface area contributed by atoms with Crippen molar-refractivity contribution in [3.05, 3.63) is 77.6 Å². The minimum Gasteiger partial charge on any atom is -0.507 e. The fourth-order valence-corrected chi connectivity index (χ4v) is 5.59. The summed E-state index contributed by atoms with van der Waals surface area (Å²) in [7, 11) is 0. The van der Waals surface area contributed by atoms with Crippen LogP contribution in [0.5, 0.6) is 5.75 Å². The third-order valence-corrected chi connectivity index (χ3v) is 7.60. The molecule has 41 heavy (non-hydrogen) atoms. The highest BCUT2D eigenvalue weighted by Gasteiger charge is 2.42. The van der Waals surface area contributed by atoms with Crippen molar-refractivity contribution in [2.24, 2.45) is 0 Å². The number of phenolic OH excluding ortho intramolecular Hbond substituents is 1. The SMILES string of the molecule is C=CC(=O)N1CCN(C2NC(=O)N(c3c(C)ccnc3C(C)C)c3nc(-c4c(O)cccc4F)c(F)cc32)[C@@H](C)C1. The number of aromatic hydroxyl groups is 1. The Hall–Kier alpha value is -4.38. The number of amides is 3. The van der Waals surface area contributed by atoms with Gasteiger partial charge in [-0.2, -0.15) is 0 Å². The van der Waals surface area contributed by atoms with Crippen LogP contribution < -0.4 is 10.2 Å². The molecule has 3 aromatic rings. The second kappa shape index (κ2) is 10.9. The van der Waals surface area contributed by atoms with E-state index in [2.05, 4.69) is 21.9 Å². The van der Waals surface area contributed by atoms with Gasteiger partial charge < -0.3 is 15.3 Å². The molecule has 1 fully saturated rings. The lowest BCUT2D eigenvalue weighted by Crippen LogP contribution is -2.59. The molecular weight excluding hydrogens is 530 g/mol. The van der Waals surface area contributed by atoms with Gasteiger partial charge in [0.2, 0.25) is 5.91 Å². The Balaban J connectivity index is 1.71. The summed E-state index contributed by atoms with van der Waals surface area (Å²) in [6.45, 7) is 12.4. The van der Waals surface area contributed by atoms with Crippen LogP contribution in [-0.2, 0) is 4.79 Å². The number of benzene rings is 1. The Morgan fingerprint density at radius 2 is 1.98 bits per heavy atom. The fourth-order valence-electron chi connectivity index (χ4n) is 5.59. The van der Waals surface area contributed by atoms with E-state index in [4.69, 9.17) is 0 Å². The van der Waals surface area contributed by atoms with Crippen LogP contribution in [0, 0.1) is 18.6 Å². The summed E-state index contributed by atoms with van der Waals surface area (Å²) in [5, 5.41) is 13.5. The predicted molar refractivity (Wildman–Crippen MR) is 151 cm³/mol. The van der Waals surface area contributed by atoms with E-state index in [9.17, 15) is 19.1 Å². The smallest absolute Gasteiger partial charge is 0.329 e. The minimum absolute atomic E-state index is 0.0649. The lowest BCUT2D eigenvalue weighted by atomic mass is 10.00. The molecule has 1 saturated heterocycles. The Bertz CT molecular complexity index is 1520. The van der Waals surface area contributed by atoms with E-state index >= 15 is 4.39 Å². The van der Waals surface area contributed by atoms with Crippen molar-refractivity contribution in [2.45, 2.75) is 45.8 Å². The zero-order valence-corrected chi connectivity index (χ0v) is 23.4. The fraction of sp³-hybridized carbons (Fsp3) is 0.333. The quantitative estimate of drug-likeness (QED) is 0.418. The van der Waals surface area contributed by atoms with E-state index in [1.165, 1.54) is 29.2 Å². The Labute approximate surface area is 237 Å². The zero-order chi connectivity index (χ0) is 29.6. The van der Waals surface area contributed by atoms with E-state index in [1.807, 2.05) is 32.6 Å². The minimum atomic E-state index is -0.856. The third kappa shape index (κ3) is 4.90. The van der Waals surface area contributed by atoms with Gasteiger partial charge in [-0.25, -0.2) is 23.5 Å². The molecule has 0 spiro atoms. The Kier molecular flexibility index (Phi) is 7.48. The number of nitrogens with zero attached hydrogens (tertiary/aromatic N) is 5. The molecule has 2 aliphatic rings. The van der Waals surface area contributed by atoms with Crippen molar-refractivity contribution in [3.8, 4) is 17.0 Å². The van der Waals surface area contributed by atoms with Gasteiger partial charge >= 0.3 is 6.03 Å². The zero-order valence-electron chi connectivity index (χ0n) is 23.4. The number of aryl methyl sites for hydroxylation is 1. The van der Waals surface area contributed by atoms with E-state index in [1.54, 1.807) is 17.2 Å². The number of hydrogen-bond donors (Lipinski definition) is 2. The number of aromatic nitrogens is 2. The first kappa shape index (κ1) is 28.2. The molecule has 2 aromatic heterocycles. The molecule has 0 radical (unpaired) electrons. The summed E-state index contributed by atoms with van der Waals surface area (Å²) in [6.07, 6.45) is 2.14. The topological polar surface area (TPSA) is 102 Å². The van der Waals surface area contributed by atoms with Crippen molar-refractivity contribution in [1.82, 2.24) is 25.1 Å². The number of carbonyl (C=O) groups is 2. The number of carbonyl (C=O) groups excluding carboxylic acids is 2. The summed E-state index contributed by atoms with van der Waals surface area (Å²) in [5.41, 5.74) is 1.42. The largest absolute Gasteiger partial charge is 0.507 e. The Morgan fingerprint density at radius 3 is 2.63 bits per heavy atom. The summed E-state index contributed by atoms with van der Waals surface area (Å²) in [4.78, 5) is 40.2. The maximum absolute atomic E-state index is 15.8. The van der Waals surface area contributed by atoms with Crippen LogP contribution in [0.2, 0.25) is 0 Å². The summed E-state index contributed by atoms with van der Waals surface area (Å²) >= 11 is 0. The van der Waals surface area contributed by atoms with Crippen LogP contribution in [0.1, 0.15) is 49.7 Å². The number of pyridine rings is 2. The van der Waals surface area contributed by atoms with Gasteiger partial charge in [-0.1, -0.05) is 26.5 Å². The molecule has 1 aromatic carbocycles. The van der Waals surface area contributed by atoms with Gasteiger partial charge in [0.1, 0.15) is 35.1 Å². The lowest BCUT2D eigenvalue weighted by Gasteiger charge is -2.46. The highest BCUT2D eigenvalue weighted by atomic mass is 19.1. The van der Waals surface area contributed by atoms with Crippen LogP contribution in [0.15, 0.2) is 49.2 Å². The van der Waals surface area contributed by atoms with Crippen LogP contribution in [0.4, 0.5) is 25.1 Å². The van der Waals surface area contributed by atoms with Crippen LogP contribution in [0.3, 0.4) is 0 Å². The Morgan fingerprint density at radius 1 is 1.22 bits per heavy atom. The second-order valence-electron chi connectivity index (χ2n) is 10.6. The van der Waals surface area contributed by atoms with Crippen LogP contribution >= 0.6 is 0 Å². The molecule has 4 heterocycles. The van der Waals surface area contributed by atoms with E-state index in [0.29, 0.717) is 36.6 Å². The highest BCUT2D eigenvalue weighted by molar-refractivity contribution is 6.03. The number of halogens is 2. The van der Waals surface area contributed by atoms with Crippen LogP contribution in [0.25, 0.3) is 11.3 Å². The van der Waals surface area contributed by atoms with Gasteiger partial charge in [-0.15, -0.1) is 0 Å². The molecule has 2 N–H and O–H groups in total. The van der Waals surface area contributed by atoms with E-state index in [0.717, 1.165) is 11.6 Å². The number of hydrogen-bond acceptors (Lipinski definition) is 6. The molecule has 3 amide bonds. The average Bonchev–Trinajstić information content (AvgIpc) is 2.93. The molecule has 5 rings (SSSR count). The maximum Gasteiger partial charge on any atom is 0.329 e. The number of piperazine rings is 1. The van der Waals surface area contributed by atoms with Crippen molar-refractivity contribution < 1.29 is 23.5 Å².